The van der Waals surface area contributed by atoms with E-state index in [-0.39, 0.29) is 23.5 Å². The molecule has 0 saturated heterocycles. The fourth-order valence-corrected chi connectivity index (χ4v) is 10.1. The van der Waals surface area contributed by atoms with Crippen LogP contribution < -0.4 is 5.32 Å². The third-order valence-electron chi connectivity index (χ3n) is 6.17. The quantitative estimate of drug-likeness (QED) is 0.353. The first kappa shape index (κ1) is 26.2. The standard InChI is InChI=1S/C25H34F3NO2Si/c1-8-18-9-12-22(21(27)13-18)29-25-19(10-11-20(26)24(25)28)23(30)14-31-32(15(2)3,16(4)5)17(6)7/h8-13,15-17,23,29-30H,1,14H2,2-7H3. The van der Waals surface area contributed by atoms with Crippen LogP contribution in [0.1, 0.15) is 58.8 Å². The highest BCUT2D eigenvalue weighted by Gasteiger charge is 2.45. The molecular formula is C25H34F3NO2Si. The topological polar surface area (TPSA) is 41.5 Å². The molecule has 7 heteroatoms. The molecule has 0 aliphatic carbocycles. The van der Waals surface area contributed by atoms with Crippen molar-refractivity contribution in [3.05, 3.63) is 65.5 Å². The molecule has 1 unspecified atom stereocenters. The highest BCUT2D eigenvalue weighted by Crippen LogP contribution is 2.43. The van der Waals surface area contributed by atoms with Crippen LogP contribution in [0.25, 0.3) is 6.08 Å². The molecule has 176 valence electrons. The van der Waals surface area contributed by atoms with Crippen molar-refractivity contribution in [2.24, 2.45) is 0 Å². The number of anilines is 2. The summed E-state index contributed by atoms with van der Waals surface area (Å²) in [6, 6.07) is 6.50. The van der Waals surface area contributed by atoms with Crippen LogP contribution in [0.4, 0.5) is 24.5 Å². The average Bonchev–Trinajstić information content (AvgIpc) is 2.72. The Kier molecular flexibility index (Phi) is 8.73. The van der Waals surface area contributed by atoms with Crippen LogP contribution in [0.3, 0.4) is 0 Å². The third kappa shape index (κ3) is 5.27. The molecule has 0 amide bonds. The van der Waals surface area contributed by atoms with Gasteiger partial charge in [0.1, 0.15) is 11.9 Å². The van der Waals surface area contributed by atoms with Gasteiger partial charge in [-0.3, -0.25) is 0 Å². The van der Waals surface area contributed by atoms with E-state index in [1.807, 2.05) is 0 Å². The van der Waals surface area contributed by atoms with Gasteiger partial charge in [0.2, 0.25) is 0 Å². The number of hydrogen-bond donors (Lipinski definition) is 2. The molecule has 2 N–H and O–H groups in total. The van der Waals surface area contributed by atoms with Crippen molar-refractivity contribution in [2.45, 2.75) is 64.3 Å². The molecule has 2 rings (SSSR count). The molecule has 0 fully saturated rings. The van der Waals surface area contributed by atoms with Gasteiger partial charge in [0, 0.05) is 5.56 Å². The predicted octanol–water partition coefficient (Wildman–Crippen LogP) is 7.72. The second-order valence-corrected chi connectivity index (χ2v) is 14.5. The molecule has 2 aromatic carbocycles. The smallest absolute Gasteiger partial charge is 0.200 e. The average molecular weight is 466 g/mol. The van der Waals surface area contributed by atoms with Crippen LogP contribution in [0, 0.1) is 17.5 Å². The van der Waals surface area contributed by atoms with Crippen LogP contribution >= 0.6 is 0 Å². The molecule has 3 nitrogen and oxygen atoms in total. The number of rotatable bonds is 10. The summed E-state index contributed by atoms with van der Waals surface area (Å²) in [5.74, 6) is -2.93. The predicted molar refractivity (Wildman–Crippen MR) is 128 cm³/mol. The summed E-state index contributed by atoms with van der Waals surface area (Å²) in [7, 11) is -2.28. The van der Waals surface area contributed by atoms with Gasteiger partial charge in [0.05, 0.1) is 18.0 Å². The minimum Gasteiger partial charge on any atom is -0.413 e. The van der Waals surface area contributed by atoms with Gasteiger partial charge in [-0.1, -0.05) is 66.3 Å². The Balaban J connectivity index is 2.39. The molecule has 0 aliphatic heterocycles. The molecule has 0 heterocycles. The Labute approximate surface area is 190 Å². The lowest BCUT2D eigenvalue weighted by molar-refractivity contribution is 0.0980. The molecule has 0 saturated carbocycles. The number of halogens is 3. The lowest BCUT2D eigenvalue weighted by Gasteiger charge is -2.42. The van der Waals surface area contributed by atoms with E-state index in [0.717, 1.165) is 6.07 Å². The summed E-state index contributed by atoms with van der Waals surface area (Å²) in [6.07, 6.45) is 0.266. The fourth-order valence-electron chi connectivity index (χ4n) is 4.68. The third-order valence-corrected chi connectivity index (χ3v) is 12.3. The van der Waals surface area contributed by atoms with Gasteiger partial charge in [-0.05, 0) is 40.4 Å². The maximum atomic E-state index is 14.7. The Morgan fingerprint density at radius 3 is 2.06 bits per heavy atom. The maximum Gasteiger partial charge on any atom is 0.200 e. The van der Waals surface area contributed by atoms with E-state index in [4.69, 9.17) is 4.43 Å². The van der Waals surface area contributed by atoms with Crippen molar-refractivity contribution >= 4 is 25.8 Å². The first-order chi connectivity index (χ1) is 14.9. The Bertz CT molecular complexity index is 925. The summed E-state index contributed by atoms with van der Waals surface area (Å²) < 4.78 is 49.6. The Morgan fingerprint density at radius 2 is 1.56 bits per heavy atom. The number of aliphatic hydroxyl groups is 1. The fraction of sp³-hybridized carbons (Fsp3) is 0.440. The highest BCUT2D eigenvalue weighted by atomic mass is 28.4. The minimum atomic E-state index is -2.28. The van der Waals surface area contributed by atoms with Crippen molar-refractivity contribution in [3.63, 3.8) is 0 Å². The number of nitrogens with one attached hydrogen (secondary N) is 1. The molecular weight excluding hydrogens is 431 g/mol. The van der Waals surface area contributed by atoms with Gasteiger partial charge < -0.3 is 14.8 Å². The number of aliphatic hydroxyl groups excluding tert-OH is 1. The highest BCUT2D eigenvalue weighted by molar-refractivity contribution is 6.77. The van der Waals surface area contributed by atoms with Gasteiger partial charge in [-0.25, -0.2) is 13.2 Å². The Hall–Kier alpha value is -2.09. The van der Waals surface area contributed by atoms with E-state index in [1.54, 1.807) is 6.07 Å². The zero-order chi connectivity index (χ0) is 24.2. The SMILES string of the molecule is C=Cc1ccc(Nc2c(C(O)CO[Si](C(C)C)(C(C)C)C(C)C)ccc(F)c2F)c(F)c1. The molecule has 0 spiro atoms. The van der Waals surface area contributed by atoms with Crippen molar-refractivity contribution in [1.82, 2.24) is 0 Å². The lowest BCUT2D eigenvalue weighted by atomic mass is 10.1. The maximum absolute atomic E-state index is 14.7. The van der Waals surface area contributed by atoms with Crippen molar-refractivity contribution in [3.8, 4) is 0 Å². The zero-order valence-electron chi connectivity index (χ0n) is 19.7. The second kappa shape index (κ2) is 10.7. The monoisotopic (exact) mass is 465 g/mol. The van der Waals surface area contributed by atoms with E-state index in [0.29, 0.717) is 22.2 Å². The van der Waals surface area contributed by atoms with Gasteiger partial charge in [0.15, 0.2) is 20.0 Å². The molecule has 0 aliphatic rings. The van der Waals surface area contributed by atoms with E-state index in [2.05, 4.69) is 53.4 Å². The van der Waals surface area contributed by atoms with Crippen molar-refractivity contribution in [2.75, 3.05) is 11.9 Å². The van der Waals surface area contributed by atoms with Crippen molar-refractivity contribution < 1.29 is 22.7 Å². The summed E-state index contributed by atoms with van der Waals surface area (Å²) in [6.45, 7) is 16.3. The lowest BCUT2D eigenvalue weighted by Crippen LogP contribution is -2.48. The van der Waals surface area contributed by atoms with Crippen LogP contribution in [-0.2, 0) is 4.43 Å². The minimum absolute atomic E-state index is 0.0373. The normalized spacial score (nSPS) is 13.2. The summed E-state index contributed by atoms with van der Waals surface area (Å²) in [5, 5.41) is 13.5. The van der Waals surface area contributed by atoms with Gasteiger partial charge in [-0.2, -0.15) is 0 Å². The molecule has 32 heavy (non-hydrogen) atoms. The van der Waals surface area contributed by atoms with Gasteiger partial charge >= 0.3 is 0 Å². The summed E-state index contributed by atoms with van der Waals surface area (Å²) in [5.41, 5.74) is 1.22. The molecule has 1 atom stereocenters. The largest absolute Gasteiger partial charge is 0.413 e. The summed E-state index contributed by atoms with van der Waals surface area (Å²) >= 11 is 0. The van der Waals surface area contributed by atoms with Crippen LogP contribution in [0.5, 0.6) is 0 Å². The number of benzene rings is 2. The molecule has 0 aromatic heterocycles. The molecule has 0 radical (unpaired) electrons. The molecule has 2 aromatic rings. The Morgan fingerprint density at radius 1 is 0.969 bits per heavy atom. The van der Waals surface area contributed by atoms with Crippen molar-refractivity contribution in [1.29, 1.82) is 0 Å². The zero-order valence-corrected chi connectivity index (χ0v) is 20.7. The van der Waals surface area contributed by atoms with E-state index < -0.39 is 31.9 Å². The van der Waals surface area contributed by atoms with E-state index >= 15 is 0 Å². The van der Waals surface area contributed by atoms with E-state index in [9.17, 15) is 18.3 Å². The van der Waals surface area contributed by atoms with Crippen LogP contribution in [0.2, 0.25) is 16.6 Å². The number of hydrogen-bond acceptors (Lipinski definition) is 3. The van der Waals surface area contributed by atoms with Crippen LogP contribution in [0.15, 0.2) is 36.9 Å². The van der Waals surface area contributed by atoms with E-state index in [1.165, 1.54) is 24.3 Å². The summed E-state index contributed by atoms with van der Waals surface area (Å²) in [4.78, 5) is 0. The van der Waals surface area contributed by atoms with Gasteiger partial charge in [0.25, 0.3) is 0 Å². The van der Waals surface area contributed by atoms with Gasteiger partial charge in [-0.15, -0.1) is 0 Å². The van der Waals surface area contributed by atoms with Crippen LogP contribution in [-0.4, -0.2) is 20.0 Å². The first-order valence-corrected chi connectivity index (χ1v) is 13.1. The first-order valence-electron chi connectivity index (χ1n) is 10.9. The second-order valence-electron chi connectivity index (χ2n) is 9.04. The molecule has 0 bridgehead atoms.